The molecular weight excluding hydrogens is 326 g/mol. The van der Waals surface area contributed by atoms with E-state index in [2.05, 4.69) is 106 Å². The first kappa shape index (κ1) is 16.4. The molecule has 0 aliphatic carbocycles. The third-order valence-electron chi connectivity index (χ3n) is 6.74. The van der Waals surface area contributed by atoms with Crippen LogP contribution in [0.25, 0.3) is 21.5 Å². The Morgan fingerprint density at radius 1 is 0.778 bits per heavy atom. The first-order valence-electron chi connectivity index (χ1n) is 9.77. The van der Waals surface area contributed by atoms with Crippen LogP contribution in [0.2, 0.25) is 0 Å². The number of benzene rings is 4. The molecule has 1 heteroatoms. The summed E-state index contributed by atoms with van der Waals surface area (Å²) in [5, 5.41) is 5.26. The Labute approximate surface area is 161 Å². The number of anilines is 2. The molecule has 0 spiro atoms. The van der Waals surface area contributed by atoms with E-state index in [9.17, 15) is 0 Å². The summed E-state index contributed by atoms with van der Waals surface area (Å²) in [5.74, 6) is 0.418. The summed E-state index contributed by atoms with van der Waals surface area (Å²) in [6, 6.07) is 26.9. The van der Waals surface area contributed by atoms with Gasteiger partial charge in [0, 0.05) is 18.1 Å². The first-order chi connectivity index (χ1) is 13.0. The highest BCUT2D eigenvalue weighted by atomic mass is 15.1. The fourth-order valence-corrected chi connectivity index (χ4v) is 4.76. The molecule has 0 amide bonds. The molecule has 1 aliphatic rings. The van der Waals surface area contributed by atoms with Crippen molar-refractivity contribution in [2.24, 2.45) is 0 Å². The predicted molar refractivity (Wildman–Crippen MR) is 117 cm³/mol. The average Bonchev–Trinajstić information content (AvgIpc) is 2.75. The maximum Gasteiger partial charge on any atom is 0.0523 e. The number of hydrogen-bond acceptors (Lipinski definition) is 1. The van der Waals surface area contributed by atoms with E-state index in [1.807, 2.05) is 0 Å². The Morgan fingerprint density at radius 3 is 2.15 bits per heavy atom. The molecule has 0 bridgehead atoms. The quantitative estimate of drug-likeness (QED) is 0.325. The van der Waals surface area contributed by atoms with Gasteiger partial charge in [-0.2, -0.15) is 0 Å². The fraction of sp³-hybridized carbons (Fsp3) is 0.231. The topological polar surface area (TPSA) is 3.24 Å². The van der Waals surface area contributed by atoms with Gasteiger partial charge in [0.05, 0.1) is 5.69 Å². The average molecular weight is 351 g/mol. The van der Waals surface area contributed by atoms with Crippen molar-refractivity contribution >= 4 is 32.9 Å². The van der Waals surface area contributed by atoms with E-state index in [1.165, 1.54) is 44.0 Å². The molecule has 0 aromatic heterocycles. The van der Waals surface area contributed by atoms with E-state index in [0.717, 1.165) is 0 Å². The zero-order chi connectivity index (χ0) is 18.8. The van der Waals surface area contributed by atoms with Gasteiger partial charge in [-0.3, -0.25) is 0 Å². The van der Waals surface area contributed by atoms with Gasteiger partial charge in [-0.15, -0.1) is 0 Å². The molecule has 27 heavy (non-hydrogen) atoms. The van der Waals surface area contributed by atoms with Crippen molar-refractivity contribution in [1.29, 1.82) is 0 Å². The molecule has 1 heterocycles. The second-order valence-electron chi connectivity index (χ2n) is 8.44. The van der Waals surface area contributed by atoms with Crippen LogP contribution in [0.15, 0.2) is 72.8 Å². The zero-order valence-corrected chi connectivity index (χ0v) is 16.5. The normalized spacial score (nSPS) is 18.2. The molecular formula is C26H25N. The van der Waals surface area contributed by atoms with E-state index in [0.29, 0.717) is 5.92 Å². The summed E-state index contributed by atoms with van der Waals surface area (Å²) < 4.78 is 0. The van der Waals surface area contributed by atoms with Gasteiger partial charge in [-0.1, -0.05) is 81.4 Å². The summed E-state index contributed by atoms with van der Waals surface area (Å²) >= 11 is 0. The summed E-state index contributed by atoms with van der Waals surface area (Å²) in [5.41, 5.74) is 5.57. The van der Waals surface area contributed by atoms with Gasteiger partial charge in [0.2, 0.25) is 0 Å². The van der Waals surface area contributed by atoms with Crippen LogP contribution >= 0.6 is 0 Å². The van der Waals surface area contributed by atoms with E-state index >= 15 is 0 Å². The highest BCUT2D eigenvalue weighted by Crippen LogP contribution is 2.52. The number of fused-ring (bicyclic) bond motifs is 5. The van der Waals surface area contributed by atoms with Crippen molar-refractivity contribution in [2.75, 3.05) is 11.9 Å². The second-order valence-corrected chi connectivity index (χ2v) is 8.44. The molecule has 1 unspecified atom stereocenters. The fourth-order valence-electron chi connectivity index (χ4n) is 4.76. The van der Waals surface area contributed by atoms with Crippen LogP contribution < -0.4 is 4.90 Å². The second kappa shape index (κ2) is 5.60. The molecule has 0 radical (unpaired) electrons. The number of rotatable bonds is 0. The smallest absolute Gasteiger partial charge is 0.0523 e. The van der Waals surface area contributed by atoms with Crippen molar-refractivity contribution < 1.29 is 0 Å². The third-order valence-corrected chi connectivity index (χ3v) is 6.74. The molecule has 5 rings (SSSR count). The van der Waals surface area contributed by atoms with Crippen molar-refractivity contribution in [2.45, 2.75) is 32.1 Å². The van der Waals surface area contributed by atoms with Gasteiger partial charge in [0.1, 0.15) is 0 Å². The summed E-state index contributed by atoms with van der Waals surface area (Å²) in [7, 11) is 2.23. The van der Waals surface area contributed by atoms with E-state index in [-0.39, 0.29) is 5.41 Å². The molecule has 1 aliphatic heterocycles. The summed E-state index contributed by atoms with van der Waals surface area (Å²) in [6.45, 7) is 7.17. The standard InChI is InChI=1S/C26H25N/c1-17-21-14-13-18-9-7-8-12-22(18)25(21)27(4)24-16-20-11-6-5-10-19(20)15-23(24)26(17,2)3/h5-17H,1-4H3. The van der Waals surface area contributed by atoms with Crippen molar-refractivity contribution in [3.63, 3.8) is 0 Å². The minimum Gasteiger partial charge on any atom is -0.344 e. The van der Waals surface area contributed by atoms with Crippen LogP contribution in [0.3, 0.4) is 0 Å². The van der Waals surface area contributed by atoms with Gasteiger partial charge >= 0.3 is 0 Å². The van der Waals surface area contributed by atoms with Crippen molar-refractivity contribution in [1.82, 2.24) is 0 Å². The van der Waals surface area contributed by atoms with Crippen molar-refractivity contribution in [3.05, 3.63) is 83.9 Å². The lowest BCUT2D eigenvalue weighted by Gasteiger charge is -2.32. The molecule has 134 valence electrons. The molecule has 4 aromatic carbocycles. The van der Waals surface area contributed by atoms with Gasteiger partial charge in [-0.05, 0) is 50.8 Å². The Morgan fingerprint density at radius 2 is 1.41 bits per heavy atom. The zero-order valence-electron chi connectivity index (χ0n) is 16.5. The Bertz CT molecular complexity index is 1190. The van der Waals surface area contributed by atoms with Gasteiger partial charge in [0.25, 0.3) is 0 Å². The Hall–Kier alpha value is -2.80. The minimum absolute atomic E-state index is 0.0430. The number of hydrogen-bond donors (Lipinski definition) is 0. The Balaban J connectivity index is 1.91. The largest absolute Gasteiger partial charge is 0.344 e. The highest BCUT2D eigenvalue weighted by molar-refractivity contribution is 6.00. The summed E-state index contributed by atoms with van der Waals surface area (Å²) in [6.07, 6.45) is 0. The lowest BCUT2D eigenvalue weighted by atomic mass is 9.71. The molecule has 0 saturated heterocycles. The molecule has 0 N–H and O–H groups in total. The Kier molecular flexibility index (Phi) is 3.40. The third kappa shape index (κ3) is 2.24. The van der Waals surface area contributed by atoms with E-state index < -0.39 is 0 Å². The van der Waals surface area contributed by atoms with Gasteiger partial charge in [-0.25, -0.2) is 0 Å². The van der Waals surface area contributed by atoms with Crippen LogP contribution in [-0.4, -0.2) is 7.05 Å². The maximum atomic E-state index is 2.42. The molecule has 4 aromatic rings. The monoisotopic (exact) mass is 351 g/mol. The molecule has 1 nitrogen and oxygen atoms in total. The van der Waals surface area contributed by atoms with E-state index in [1.54, 1.807) is 0 Å². The minimum atomic E-state index is 0.0430. The molecule has 1 atom stereocenters. The van der Waals surface area contributed by atoms with Crippen LogP contribution in [0.1, 0.15) is 37.8 Å². The molecule has 0 saturated carbocycles. The highest BCUT2D eigenvalue weighted by Gasteiger charge is 2.37. The maximum absolute atomic E-state index is 2.42. The van der Waals surface area contributed by atoms with E-state index in [4.69, 9.17) is 0 Å². The lowest BCUT2D eigenvalue weighted by molar-refractivity contribution is 0.442. The molecule has 0 fully saturated rings. The summed E-state index contributed by atoms with van der Waals surface area (Å²) in [4.78, 5) is 2.42. The SMILES string of the molecule is CC1c2ccc3ccccc3c2N(C)c2cc3ccccc3cc2C1(C)C. The van der Waals surface area contributed by atoms with Gasteiger partial charge in [0.15, 0.2) is 0 Å². The predicted octanol–water partition coefficient (Wildman–Crippen LogP) is 7.16. The lowest BCUT2D eigenvalue weighted by Crippen LogP contribution is -2.24. The first-order valence-corrected chi connectivity index (χ1v) is 9.77. The van der Waals surface area contributed by atoms with Crippen LogP contribution in [-0.2, 0) is 5.41 Å². The van der Waals surface area contributed by atoms with Crippen LogP contribution in [0.4, 0.5) is 11.4 Å². The van der Waals surface area contributed by atoms with Crippen LogP contribution in [0.5, 0.6) is 0 Å². The van der Waals surface area contributed by atoms with Crippen molar-refractivity contribution in [3.8, 4) is 0 Å². The number of nitrogens with zero attached hydrogens (tertiary/aromatic N) is 1. The van der Waals surface area contributed by atoms with Crippen LogP contribution in [0, 0.1) is 0 Å². The van der Waals surface area contributed by atoms with Gasteiger partial charge < -0.3 is 4.90 Å².